The molecule has 1 aliphatic rings. The van der Waals surface area contributed by atoms with Crippen molar-refractivity contribution < 1.29 is 0 Å². The van der Waals surface area contributed by atoms with Crippen LogP contribution in [0.4, 0.5) is 0 Å². The Balaban J connectivity index is 0.948. The van der Waals surface area contributed by atoms with E-state index in [9.17, 15) is 0 Å². The Labute approximate surface area is 389 Å². The molecule has 314 valence electrons. The maximum atomic E-state index is 5.26. The van der Waals surface area contributed by atoms with Crippen molar-refractivity contribution in [1.82, 2.24) is 19.5 Å². The van der Waals surface area contributed by atoms with Crippen molar-refractivity contribution in [3.63, 3.8) is 0 Å². The first-order valence-corrected chi connectivity index (χ1v) is 23.0. The second kappa shape index (κ2) is 16.1. The summed E-state index contributed by atoms with van der Waals surface area (Å²) in [6.07, 6.45) is 0.940. The quantitative estimate of drug-likeness (QED) is 0.160. The lowest BCUT2D eigenvalue weighted by Crippen LogP contribution is -2.13. The molecule has 0 saturated heterocycles. The monoisotopic (exact) mass is 854 g/mol. The molecular weight excluding hydrogens is 813 g/mol. The Hall–Kier alpha value is -8.73. The van der Waals surface area contributed by atoms with Gasteiger partial charge in [0.15, 0.2) is 17.5 Å². The summed E-state index contributed by atoms with van der Waals surface area (Å²) in [4.78, 5) is 15.6. The van der Waals surface area contributed by atoms with Gasteiger partial charge in [-0.2, -0.15) is 0 Å². The van der Waals surface area contributed by atoms with Crippen LogP contribution in [-0.2, 0) is 6.42 Å². The Kier molecular flexibility index (Phi) is 9.28. The van der Waals surface area contributed by atoms with Crippen molar-refractivity contribution in [3.05, 3.63) is 253 Å². The van der Waals surface area contributed by atoms with Crippen LogP contribution in [0.3, 0.4) is 0 Å². The van der Waals surface area contributed by atoms with Gasteiger partial charge < -0.3 is 4.57 Å². The topological polar surface area (TPSA) is 43.6 Å². The van der Waals surface area contributed by atoms with Crippen molar-refractivity contribution in [2.45, 2.75) is 12.3 Å². The first-order chi connectivity index (χ1) is 33.2. The fourth-order valence-corrected chi connectivity index (χ4v) is 10.4. The minimum atomic E-state index is 0.196. The van der Waals surface area contributed by atoms with Crippen molar-refractivity contribution >= 4 is 32.6 Å². The zero-order chi connectivity index (χ0) is 44.3. The molecule has 1 unspecified atom stereocenters. The second-order valence-electron chi connectivity index (χ2n) is 17.5. The van der Waals surface area contributed by atoms with Gasteiger partial charge in [-0.3, -0.25) is 0 Å². The SMILES string of the molecule is c1ccc(-c2ccc(C3Cc4ccccc4-c4ccccc43)c(-c3ccc4ccc(-c5nc(-c6ccccc6)nc(-c6cccc(-n7c8ccccc8c8ccccc87)c6)n5)cc4c3)c2)cc1. The lowest BCUT2D eigenvalue weighted by atomic mass is 9.73. The third-order valence-electron chi connectivity index (χ3n) is 13.6. The Morgan fingerprint density at radius 2 is 0.866 bits per heavy atom. The minimum absolute atomic E-state index is 0.196. The third-order valence-corrected chi connectivity index (χ3v) is 13.6. The Morgan fingerprint density at radius 3 is 1.61 bits per heavy atom. The van der Waals surface area contributed by atoms with Crippen molar-refractivity contribution in [2.24, 2.45) is 0 Å². The molecule has 0 radical (unpaired) electrons. The van der Waals surface area contributed by atoms with Gasteiger partial charge in [0.2, 0.25) is 0 Å². The molecule has 2 heterocycles. The van der Waals surface area contributed by atoms with E-state index in [1.807, 2.05) is 18.2 Å². The van der Waals surface area contributed by atoms with E-state index in [0.717, 1.165) is 50.6 Å². The zero-order valence-corrected chi connectivity index (χ0v) is 36.6. The van der Waals surface area contributed by atoms with E-state index in [1.54, 1.807) is 0 Å². The lowest BCUT2D eigenvalue weighted by molar-refractivity contribution is 0.795. The molecule has 0 saturated carbocycles. The van der Waals surface area contributed by atoms with Gasteiger partial charge in [0.1, 0.15) is 0 Å². The average molecular weight is 855 g/mol. The fraction of sp³-hybridized carbons (Fsp3) is 0.0317. The number of nitrogens with zero attached hydrogens (tertiary/aromatic N) is 4. The molecule has 0 amide bonds. The summed E-state index contributed by atoms with van der Waals surface area (Å²) < 4.78 is 2.34. The van der Waals surface area contributed by atoms with Gasteiger partial charge in [0.25, 0.3) is 0 Å². The van der Waals surface area contributed by atoms with Crippen LogP contribution in [0.2, 0.25) is 0 Å². The number of aromatic nitrogens is 4. The van der Waals surface area contributed by atoms with Crippen LogP contribution in [0.5, 0.6) is 0 Å². The molecular formula is C63H42N4. The molecule has 4 nitrogen and oxygen atoms in total. The third kappa shape index (κ3) is 6.81. The van der Waals surface area contributed by atoms with E-state index in [-0.39, 0.29) is 5.92 Å². The van der Waals surface area contributed by atoms with Gasteiger partial charge in [0.05, 0.1) is 11.0 Å². The number of para-hydroxylation sites is 2. The molecule has 4 heteroatoms. The first-order valence-electron chi connectivity index (χ1n) is 23.0. The predicted octanol–water partition coefficient (Wildman–Crippen LogP) is 15.8. The molecule has 0 aliphatic heterocycles. The van der Waals surface area contributed by atoms with Crippen LogP contribution >= 0.6 is 0 Å². The van der Waals surface area contributed by atoms with Crippen LogP contribution in [0.25, 0.3) is 106 Å². The lowest BCUT2D eigenvalue weighted by Gasteiger charge is -2.30. The molecule has 67 heavy (non-hydrogen) atoms. The van der Waals surface area contributed by atoms with E-state index < -0.39 is 0 Å². The van der Waals surface area contributed by atoms with Crippen LogP contribution < -0.4 is 0 Å². The molecule has 0 fully saturated rings. The van der Waals surface area contributed by atoms with Crippen LogP contribution in [0.1, 0.15) is 22.6 Å². The van der Waals surface area contributed by atoms with E-state index in [4.69, 9.17) is 15.0 Å². The van der Waals surface area contributed by atoms with Gasteiger partial charge in [0, 0.05) is 39.1 Å². The summed E-state index contributed by atoms with van der Waals surface area (Å²) in [5, 5.41) is 4.72. The van der Waals surface area contributed by atoms with E-state index in [2.05, 4.69) is 223 Å². The number of fused-ring (bicyclic) bond motifs is 7. The van der Waals surface area contributed by atoms with E-state index >= 15 is 0 Å². The molecule has 0 spiro atoms. The Bertz CT molecular complexity index is 3800. The fourth-order valence-electron chi connectivity index (χ4n) is 10.4. The normalized spacial score (nSPS) is 13.2. The van der Waals surface area contributed by atoms with Gasteiger partial charge in [-0.15, -0.1) is 0 Å². The van der Waals surface area contributed by atoms with Crippen molar-refractivity contribution in [3.8, 4) is 73.2 Å². The molecule has 1 atom stereocenters. The summed E-state index contributed by atoms with van der Waals surface area (Å²) in [6, 6.07) is 85.1. The Morgan fingerprint density at radius 1 is 0.328 bits per heavy atom. The molecule has 0 N–H and O–H groups in total. The standard InChI is InChI=1S/C63H42N4/c1-3-16-41(17-4-1)44-34-35-54(58-40-45-20-7-8-23-51(45)52-24-9-10-25-53(52)58)57(39-44)46-32-30-42-31-33-48(37-49(42)36-46)63-65-61(43-18-5-2-6-19-43)64-62(66-63)47-21-15-22-50(38-47)67-59-28-13-11-26-55(59)56-27-12-14-29-60(56)67/h1-39,58H,40H2. The van der Waals surface area contributed by atoms with E-state index in [1.165, 1.54) is 60.8 Å². The molecule has 13 rings (SSSR count). The van der Waals surface area contributed by atoms with Crippen molar-refractivity contribution in [2.75, 3.05) is 0 Å². The van der Waals surface area contributed by atoms with Crippen LogP contribution in [-0.4, -0.2) is 19.5 Å². The highest BCUT2D eigenvalue weighted by atomic mass is 15.0. The maximum absolute atomic E-state index is 5.26. The van der Waals surface area contributed by atoms with Crippen LogP contribution in [0.15, 0.2) is 237 Å². The number of hydrogen-bond acceptors (Lipinski definition) is 3. The predicted molar refractivity (Wildman–Crippen MR) is 276 cm³/mol. The summed E-state index contributed by atoms with van der Waals surface area (Å²) in [6.45, 7) is 0. The molecule has 1 aliphatic carbocycles. The summed E-state index contributed by atoms with van der Waals surface area (Å²) >= 11 is 0. The first kappa shape index (κ1) is 38.7. The largest absolute Gasteiger partial charge is 0.309 e. The molecule has 0 bridgehead atoms. The highest BCUT2D eigenvalue weighted by Crippen LogP contribution is 2.46. The van der Waals surface area contributed by atoms with Gasteiger partial charge in [-0.1, -0.05) is 194 Å². The summed E-state index contributed by atoms with van der Waals surface area (Å²) in [5.74, 6) is 2.08. The number of benzene rings is 10. The highest BCUT2D eigenvalue weighted by molar-refractivity contribution is 6.09. The highest BCUT2D eigenvalue weighted by Gasteiger charge is 2.28. The minimum Gasteiger partial charge on any atom is -0.309 e. The van der Waals surface area contributed by atoms with Gasteiger partial charge in [-0.05, 0) is 110 Å². The molecule has 10 aromatic carbocycles. The number of rotatable bonds is 7. The summed E-state index contributed by atoms with van der Waals surface area (Å²) in [5.41, 5.74) is 17.7. The molecule has 12 aromatic rings. The summed E-state index contributed by atoms with van der Waals surface area (Å²) in [7, 11) is 0. The smallest absolute Gasteiger partial charge is 0.164 e. The second-order valence-corrected chi connectivity index (χ2v) is 17.5. The number of hydrogen-bond donors (Lipinski definition) is 0. The average Bonchev–Trinajstić information content (AvgIpc) is 3.75. The van der Waals surface area contributed by atoms with Crippen molar-refractivity contribution in [1.29, 1.82) is 0 Å². The van der Waals surface area contributed by atoms with E-state index in [0.29, 0.717) is 17.5 Å². The zero-order valence-electron chi connectivity index (χ0n) is 36.6. The molecule has 2 aromatic heterocycles. The maximum Gasteiger partial charge on any atom is 0.164 e. The van der Waals surface area contributed by atoms with Gasteiger partial charge >= 0.3 is 0 Å². The van der Waals surface area contributed by atoms with Gasteiger partial charge in [-0.25, -0.2) is 15.0 Å². The van der Waals surface area contributed by atoms with Crippen LogP contribution in [0, 0.1) is 0 Å².